The molecule has 0 bridgehead atoms. The quantitative estimate of drug-likeness (QED) is 0.850. The summed E-state index contributed by atoms with van der Waals surface area (Å²) in [7, 11) is 0. The van der Waals surface area contributed by atoms with E-state index in [0.29, 0.717) is 19.3 Å². The van der Waals surface area contributed by atoms with E-state index in [2.05, 4.69) is 17.2 Å². The van der Waals surface area contributed by atoms with Crippen molar-refractivity contribution in [3.8, 4) is 0 Å². The number of imidazole rings is 1. The molecule has 2 rings (SSSR count). The van der Waals surface area contributed by atoms with Crippen molar-refractivity contribution in [1.82, 2.24) is 14.9 Å². The first-order chi connectivity index (χ1) is 8.91. The number of halogens is 2. The van der Waals surface area contributed by atoms with Crippen LogP contribution in [0.3, 0.4) is 0 Å². The van der Waals surface area contributed by atoms with Gasteiger partial charge >= 0.3 is 0 Å². The van der Waals surface area contributed by atoms with Crippen molar-refractivity contribution in [2.24, 2.45) is 0 Å². The van der Waals surface area contributed by atoms with Gasteiger partial charge in [-0.15, -0.1) is 23.2 Å². The van der Waals surface area contributed by atoms with Crippen LogP contribution in [0.1, 0.15) is 45.0 Å². The number of carbonyl (C=O) groups is 1. The van der Waals surface area contributed by atoms with Crippen molar-refractivity contribution in [3.05, 3.63) is 18.2 Å². The molecule has 19 heavy (non-hydrogen) atoms. The van der Waals surface area contributed by atoms with Crippen LogP contribution in [0, 0.1) is 0 Å². The summed E-state index contributed by atoms with van der Waals surface area (Å²) < 4.78 is 1.40. The van der Waals surface area contributed by atoms with Gasteiger partial charge in [0.25, 0.3) is 0 Å². The van der Waals surface area contributed by atoms with E-state index in [1.165, 1.54) is 0 Å². The molecule has 106 valence electrons. The molecule has 1 aromatic rings. The number of alkyl halides is 2. The number of hydrogen-bond donors (Lipinski definition) is 1. The Morgan fingerprint density at radius 2 is 2.32 bits per heavy atom. The third-order valence-corrected chi connectivity index (χ3v) is 4.09. The van der Waals surface area contributed by atoms with Gasteiger partial charge in [0.1, 0.15) is 10.2 Å². The van der Waals surface area contributed by atoms with Crippen molar-refractivity contribution in [2.45, 2.75) is 55.9 Å². The normalized spacial score (nSPS) is 19.8. The maximum absolute atomic E-state index is 11.9. The molecular weight excluding hydrogens is 285 g/mol. The average Bonchev–Trinajstić information content (AvgIpc) is 2.74. The number of aromatic nitrogens is 2. The number of hydrogen-bond acceptors (Lipinski definition) is 2. The van der Waals surface area contributed by atoms with E-state index >= 15 is 0 Å². The maximum atomic E-state index is 11.9. The Bertz CT molecular complexity index is 450. The van der Waals surface area contributed by atoms with E-state index in [1.54, 1.807) is 6.20 Å². The summed E-state index contributed by atoms with van der Waals surface area (Å²) in [6, 6.07) is 0.220. The summed E-state index contributed by atoms with van der Waals surface area (Å²) in [6.07, 6.45) is 6.25. The van der Waals surface area contributed by atoms with Crippen LogP contribution in [0.5, 0.6) is 0 Å². The molecule has 1 aliphatic rings. The summed E-state index contributed by atoms with van der Waals surface area (Å²) >= 11 is 11.8. The molecule has 0 radical (unpaired) electrons. The lowest BCUT2D eigenvalue weighted by molar-refractivity contribution is -0.123. The van der Waals surface area contributed by atoms with Crippen molar-refractivity contribution in [2.75, 3.05) is 0 Å². The van der Waals surface area contributed by atoms with Crippen molar-refractivity contribution < 1.29 is 4.79 Å². The molecule has 1 heterocycles. The number of nitrogens with one attached hydrogen (secondary N) is 1. The van der Waals surface area contributed by atoms with Gasteiger partial charge in [0.05, 0.1) is 0 Å². The van der Waals surface area contributed by atoms with E-state index in [-0.39, 0.29) is 18.0 Å². The van der Waals surface area contributed by atoms with Gasteiger partial charge in [-0.3, -0.25) is 4.79 Å². The predicted octanol–water partition coefficient (Wildman–Crippen LogP) is 2.85. The minimum Gasteiger partial charge on any atom is -0.353 e. The molecule has 1 saturated carbocycles. The van der Waals surface area contributed by atoms with Crippen LogP contribution < -0.4 is 5.32 Å². The lowest BCUT2D eigenvalue weighted by Gasteiger charge is -2.38. The molecule has 0 aromatic carbocycles. The molecule has 1 N–H and O–H groups in total. The van der Waals surface area contributed by atoms with Crippen molar-refractivity contribution >= 4 is 29.1 Å². The van der Waals surface area contributed by atoms with Crippen LogP contribution in [-0.4, -0.2) is 25.8 Å². The molecule has 1 amide bonds. The van der Waals surface area contributed by atoms with Gasteiger partial charge in [-0.1, -0.05) is 6.92 Å². The molecule has 1 aromatic heterocycles. The number of aryl methyl sites for hydroxylation is 1. The molecule has 1 fully saturated rings. The Kier molecular flexibility index (Phi) is 4.41. The minimum atomic E-state index is -0.650. The number of carbonyl (C=O) groups excluding carboxylic acids is 1. The smallest absolute Gasteiger partial charge is 0.222 e. The van der Waals surface area contributed by atoms with Crippen LogP contribution in [0.15, 0.2) is 12.4 Å². The second-order valence-corrected chi connectivity index (χ2v) is 6.83. The largest absolute Gasteiger partial charge is 0.353 e. The van der Waals surface area contributed by atoms with Gasteiger partial charge < -0.3 is 9.88 Å². The number of rotatable bonds is 5. The fraction of sp³-hybridized carbons (Fsp3) is 0.692. The monoisotopic (exact) mass is 303 g/mol. The third kappa shape index (κ3) is 3.63. The topological polar surface area (TPSA) is 46.9 Å². The highest BCUT2D eigenvalue weighted by molar-refractivity contribution is 6.49. The molecule has 1 unspecified atom stereocenters. The Morgan fingerprint density at radius 3 is 2.89 bits per heavy atom. The first-order valence-corrected chi connectivity index (χ1v) is 7.36. The SMILES string of the molecule is CCc1nccn1C(C)CC(=O)NC1CC(Cl)(Cl)C1. The van der Waals surface area contributed by atoms with Crippen LogP contribution in [0.4, 0.5) is 0 Å². The average molecular weight is 304 g/mol. The van der Waals surface area contributed by atoms with Gasteiger partial charge in [0, 0.05) is 50.2 Å². The Hall–Kier alpha value is -0.740. The predicted molar refractivity (Wildman–Crippen MR) is 76.5 cm³/mol. The highest BCUT2D eigenvalue weighted by Crippen LogP contribution is 2.42. The van der Waals surface area contributed by atoms with Crippen LogP contribution in [-0.2, 0) is 11.2 Å². The molecule has 4 nitrogen and oxygen atoms in total. The summed E-state index contributed by atoms with van der Waals surface area (Å²) in [5.41, 5.74) is 0. The summed E-state index contributed by atoms with van der Waals surface area (Å²) in [5.74, 6) is 1.04. The van der Waals surface area contributed by atoms with Gasteiger partial charge in [-0.25, -0.2) is 4.98 Å². The Morgan fingerprint density at radius 1 is 1.63 bits per heavy atom. The zero-order chi connectivity index (χ0) is 14.0. The second-order valence-electron chi connectivity index (χ2n) is 5.19. The summed E-state index contributed by atoms with van der Waals surface area (Å²) in [5, 5.41) is 2.96. The standard InChI is InChI=1S/C13H19Cl2N3O/c1-3-11-16-4-5-18(11)9(2)6-12(19)17-10-7-13(14,15)8-10/h4-5,9-10H,3,6-8H2,1-2H3,(H,17,19). The minimum absolute atomic E-state index is 0.0390. The Balaban J connectivity index is 1.82. The lowest BCUT2D eigenvalue weighted by Crippen LogP contribution is -2.49. The van der Waals surface area contributed by atoms with Crippen LogP contribution in [0.2, 0.25) is 0 Å². The van der Waals surface area contributed by atoms with E-state index in [9.17, 15) is 4.79 Å². The van der Waals surface area contributed by atoms with Gasteiger partial charge in [0.2, 0.25) is 5.91 Å². The first kappa shape index (κ1) is 14.7. The van der Waals surface area contributed by atoms with E-state index in [1.807, 2.05) is 17.7 Å². The first-order valence-electron chi connectivity index (χ1n) is 6.60. The van der Waals surface area contributed by atoms with Gasteiger partial charge in [-0.05, 0) is 6.92 Å². The second kappa shape index (κ2) is 5.71. The molecule has 0 aliphatic heterocycles. The van der Waals surface area contributed by atoms with Crippen molar-refractivity contribution in [1.29, 1.82) is 0 Å². The highest BCUT2D eigenvalue weighted by Gasteiger charge is 2.41. The fourth-order valence-electron chi connectivity index (χ4n) is 2.44. The van der Waals surface area contributed by atoms with E-state index in [4.69, 9.17) is 23.2 Å². The molecular formula is C13H19Cl2N3O. The third-order valence-electron chi connectivity index (χ3n) is 3.48. The van der Waals surface area contributed by atoms with E-state index < -0.39 is 4.33 Å². The molecule has 1 aliphatic carbocycles. The van der Waals surface area contributed by atoms with Crippen molar-refractivity contribution in [3.63, 3.8) is 0 Å². The van der Waals surface area contributed by atoms with Crippen LogP contribution >= 0.6 is 23.2 Å². The van der Waals surface area contributed by atoms with Gasteiger partial charge in [0.15, 0.2) is 0 Å². The zero-order valence-electron chi connectivity index (χ0n) is 11.2. The number of amides is 1. The van der Waals surface area contributed by atoms with E-state index in [0.717, 1.165) is 12.2 Å². The molecule has 0 saturated heterocycles. The lowest BCUT2D eigenvalue weighted by atomic mass is 9.91. The summed E-state index contributed by atoms with van der Waals surface area (Å²) in [6.45, 7) is 4.08. The highest BCUT2D eigenvalue weighted by atomic mass is 35.5. The summed E-state index contributed by atoms with van der Waals surface area (Å²) in [4.78, 5) is 16.2. The molecule has 1 atom stereocenters. The van der Waals surface area contributed by atoms with Gasteiger partial charge in [-0.2, -0.15) is 0 Å². The number of nitrogens with zero attached hydrogens (tertiary/aromatic N) is 2. The molecule has 6 heteroatoms. The molecule has 0 spiro atoms. The van der Waals surface area contributed by atoms with Crippen LogP contribution in [0.25, 0.3) is 0 Å². The Labute approximate surface area is 123 Å². The zero-order valence-corrected chi connectivity index (χ0v) is 12.7. The maximum Gasteiger partial charge on any atom is 0.222 e. The fourth-order valence-corrected chi connectivity index (χ4v) is 3.18.